The number of ether oxygens (including phenoxy) is 2. The molecule has 7 nitrogen and oxygen atoms in total. The number of ketones is 1. The second-order valence-corrected chi connectivity index (χ2v) is 9.56. The Labute approximate surface area is 203 Å². The van der Waals surface area contributed by atoms with Crippen molar-refractivity contribution in [3.8, 4) is 11.5 Å². The smallest absolute Gasteiger partial charge is 0.202 e. The molecular weight excluding hydrogens is 449 g/mol. The van der Waals surface area contributed by atoms with Crippen molar-refractivity contribution >= 4 is 28.1 Å². The molecule has 0 saturated heterocycles. The second kappa shape index (κ2) is 8.91. The van der Waals surface area contributed by atoms with Gasteiger partial charge in [0.1, 0.15) is 18.0 Å². The number of hydrogen-bond acceptors (Lipinski definition) is 6. The number of hydrogen-bond donors (Lipinski definition) is 2. The number of aryl methyl sites for hydroxylation is 1. The number of aromatic nitrogens is 1. The molecular formula is C27H30FN3O4. The Balaban J connectivity index is 1.54. The molecule has 8 heteroatoms. The predicted molar refractivity (Wildman–Crippen MR) is 134 cm³/mol. The Morgan fingerprint density at radius 2 is 2.09 bits per heavy atom. The number of halogens is 1. The number of methoxy groups -OCH3 is 1. The number of pyridine rings is 1. The number of benzene rings is 2. The van der Waals surface area contributed by atoms with Crippen LogP contribution in [0.25, 0.3) is 10.9 Å². The van der Waals surface area contributed by atoms with Gasteiger partial charge in [-0.2, -0.15) is 0 Å². The van der Waals surface area contributed by atoms with Crippen LogP contribution >= 0.6 is 0 Å². The normalized spacial score (nSPS) is 15.9. The number of nitrogens with one attached hydrogen (secondary N) is 1. The first-order chi connectivity index (χ1) is 16.9. The van der Waals surface area contributed by atoms with E-state index in [9.17, 15) is 9.59 Å². The summed E-state index contributed by atoms with van der Waals surface area (Å²) in [5.41, 5.74) is 6.83. The van der Waals surface area contributed by atoms with Gasteiger partial charge in [-0.1, -0.05) is 25.0 Å². The van der Waals surface area contributed by atoms with Gasteiger partial charge in [-0.25, -0.2) is 4.39 Å². The van der Waals surface area contributed by atoms with Crippen LogP contribution in [0, 0.1) is 5.82 Å². The molecule has 1 aromatic heterocycles. The van der Waals surface area contributed by atoms with Crippen molar-refractivity contribution in [3.63, 3.8) is 0 Å². The third-order valence-corrected chi connectivity index (χ3v) is 7.36. The molecule has 0 bridgehead atoms. The van der Waals surface area contributed by atoms with E-state index in [0.717, 1.165) is 49.8 Å². The number of nitrogens with zero attached hydrogens (tertiary/aromatic N) is 1. The second-order valence-electron chi connectivity index (χ2n) is 9.56. The molecule has 1 saturated carbocycles. The summed E-state index contributed by atoms with van der Waals surface area (Å²) in [6.07, 6.45) is 6.92. The number of nitrogen functional groups attached to an aromatic ring is 1. The third kappa shape index (κ3) is 3.81. The van der Waals surface area contributed by atoms with Gasteiger partial charge in [0.2, 0.25) is 5.43 Å². The highest BCUT2D eigenvalue weighted by Crippen LogP contribution is 2.48. The van der Waals surface area contributed by atoms with Crippen LogP contribution in [-0.4, -0.2) is 30.6 Å². The zero-order valence-corrected chi connectivity index (χ0v) is 20.1. The Bertz CT molecular complexity index is 1380. The lowest BCUT2D eigenvalue weighted by Gasteiger charge is -2.39. The van der Waals surface area contributed by atoms with Crippen LogP contribution in [0.15, 0.2) is 35.3 Å². The molecule has 5 rings (SSSR count). The van der Waals surface area contributed by atoms with Crippen LogP contribution in [0.5, 0.6) is 11.5 Å². The lowest BCUT2D eigenvalue weighted by molar-refractivity contribution is 0.101. The van der Waals surface area contributed by atoms with E-state index in [4.69, 9.17) is 15.2 Å². The first-order valence-electron chi connectivity index (χ1n) is 12.1. The third-order valence-electron chi connectivity index (χ3n) is 7.36. The zero-order chi connectivity index (χ0) is 24.7. The predicted octanol–water partition coefficient (Wildman–Crippen LogP) is 4.64. The van der Waals surface area contributed by atoms with E-state index >= 15 is 4.39 Å². The lowest BCUT2D eigenvalue weighted by atomic mass is 9.93. The Kier molecular flexibility index (Phi) is 5.91. The molecule has 1 aliphatic carbocycles. The summed E-state index contributed by atoms with van der Waals surface area (Å²) in [5.74, 6) is 0.00480. The SMILES string of the molecule is COc1cccc(CCCNc2c(F)c(N)c3c(=O)c(C(C)=O)cn4c3c2OCC42CCCC2)c1. The van der Waals surface area contributed by atoms with E-state index in [2.05, 4.69) is 5.32 Å². The minimum Gasteiger partial charge on any atom is -0.497 e. The number of anilines is 2. The summed E-state index contributed by atoms with van der Waals surface area (Å²) in [7, 11) is 1.63. The van der Waals surface area contributed by atoms with E-state index in [1.807, 2.05) is 28.8 Å². The fourth-order valence-corrected chi connectivity index (χ4v) is 5.50. The van der Waals surface area contributed by atoms with Crippen LogP contribution < -0.4 is 26.0 Å². The molecule has 3 N–H and O–H groups in total. The molecule has 0 unspecified atom stereocenters. The number of rotatable bonds is 7. The highest BCUT2D eigenvalue weighted by molar-refractivity contribution is 6.04. The van der Waals surface area contributed by atoms with E-state index < -0.39 is 11.2 Å². The minimum atomic E-state index is -0.722. The summed E-state index contributed by atoms with van der Waals surface area (Å²) >= 11 is 0. The summed E-state index contributed by atoms with van der Waals surface area (Å²) in [4.78, 5) is 25.5. The molecule has 1 aliphatic heterocycles. The molecule has 35 heavy (non-hydrogen) atoms. The Morgan fingerprint density at radius 3 is 2.80 bits per heavy atom. The van der Waals surface area contributed by atoms with Crippen LogP contribution in [0.3, 0.4) is 0 Å². The van der Waals surface area contributed by atoms with Gasteiger partial charge < -0.3 is 25.1 Å². The minimum absolute atomic E-state index is 0.0260. The van der Waals surface area contributed by atoms with Crippen molar-refractivity contribution < 1.29 is 18.7 Å². The van der Waals surface area contributed by atoms with Gasteiger partial charge in [-0.15, -0.1) is 0 Å². The maximum Gasteiger partial charge on any atom is 0.202 e. The molecule has 0 atom stereocenters. The molecule has 184 valence electrons. The first-order valence-corrected chi connectivity index (χ1v) is 12.1. The number of carbonyl (C=O) groups excluding carboxylic acids is 1. The number of nitrogens with two attached hydrogens (primary N) is 1. The van der Waals surface area contributed by atoms with Crippen LogP contribution in [0.2, 0.25) is 0 Å². The Hall–Kier alpha value is -3.55. The average Bonchev–Trinajstić information content (AvgIpc) is 3.32. The summed E-state index contributed by atoms with van der Waals surface area (Å²) in [6, 6.07) is 7.84. The largest absolute Gasteiger partial charge is 0.497 e. The molecule has 2 aliphatic rings. The molecule has 2 heterocycles. The van der Waals surface area contributed by atoms with E-state index in [1.165, 1.54) is 6.92 Å². The maximum atomic E-state index is 15.5. The lowest BCUT2D eigenvalue weighted by Crippen LogP contribution is -2.42. The zero-order valence-electron chi connectivity index (χ0n) is 20.1. The van der Waals surface area contributed by atoms with Crippen LogP contribution in [0.4, 0.5) is 15.8 Å². The van der Waals surface area contributed by atoms with Gasteiger partial charge >= 0.3 is 0 Å². The van der Waals surface area contributed by atoms with Crippen LogP contribution in [0.1, 0.15) is 54.9 Å². The quantitative estimate of drug-likeness (QED) is 0.291. The highest BCUT2D eigenvalue weighted by Gasteiger charge is 2.42. The van der Waals surface area contributed by atoms with Crippen molar-refractivity contribution in [2.24, 2.45) is 0 Å². The monoisotopic (exact) mass is 479 g/mol. The van der Waals surface area contributed by atoms with E-state index in [-0.39, 0.29) is 39.4 Å². The summed E-state index contributed by atoms with van der Waals surface area (Å²) < 4.78 is 29.0. The van der Waals surface area contributed by atoms with Crippen molar-refractivity contribution in [1.29, 1.82) is 0 Å². The van der Waals surface area contributed by atoms with Gasteiger partial charge in [-0.3, -0.25) is 9.59 Å². The highest BCUT2D eigenvalue weighted by atomic mass is 19.1. The van der Waals surface area contributed by atoms with E-state index in [0.29, 0.717) is 18.7 Å². The van der Waals surface area contributed by atoms with E-state index in [1.54, 1.807) is 13.3 Å². The fourth-order valence-electron chi connectivity index (χ4n) is 5.50. The van der Waals surface area contributed by atoms with Gasteiger partial charge in [0, 0.05) is 12.7 Å². The van der Waals surface area contributed by atoms with Crippen molar-refractivity contribution in [1.82, 2.24) is 4.57 Å². The van der Waals surface area contributed by atoms with Gasteiger partial charge in [0.25, 0.3) is 0 Å². The summed E-state index contributed by atoms with van der Waals surface area (Å²) in [5, 5.41) is 3.19. The number of carbonyl (C=O) groups is 1. The molecule has 1 spiro atoms. The topological polar surface area (TPSA) is 95.6 Å². The number of Topliss-reactive ketones (excluding diaryl/α,β-unsaturated/α-hetero) is 1. The molecule has 3 aromatic rings. The van der Waals surface area contributed by atoms with Gasteiger partial charge in [-0.05, 0) is 50.3 Å². The molecule has 1 fully saturated rings. The average molecular weight is 480 g/mol. The Morgan fingerprint density at radius 1 is 1.31 bits per heavy atom. The number of fused-ring (bicyclic) bond motifs is 1. The maximum absolute atomic E-state index is 15.5. The molecule has 2 aromatic carbocycles. The van der Waals surface area contributed by atoms with Gasteiger partial charge in [0.15, 0.2) is 17.3 Å². The molecule has 0 amide bonds. The van der Waals surface area contributed by atoms with Crippen molar-refractivity contribution in [2.45, 2.75) is 51.0 Å². The fraction of sp³-hybridized carbons (Fsp3) is 0.407. The molecule has 0 radical (unpaired) electrons. The van der Waals surface area contributed by atoms with Crippen LogP contribution in [-0.2, 0) is 12.0 Å². The van der Waals surface area contributed by atoms with Crippen molar-refractivity contribution in [2.75, 3.05) is 31.3 Å². The summed E-state index contributed by atoms with van der Waals surface area (Å²) in [6.45, 7) is 2.19. The van der Waals surface area contributed by atoms with Crippen molar-refractivity contribution in [3.05, 3.63) is 57.6 Å². The standard InChI is InChI=1S/C27H30FN3O4/c1-16(32)19-14-31-24-20(25(19)33)22(29)21(28)23(26(24)35-15-27(31)10-3-4-11-27)30-12-6-8-17-7-5-9-18(13-17)34-2/h5,7,9,13-14,30H,3-4,6,8,10-12,15,29H2,1-2H3. The van der Waals surface area contributed by atoms with Gasteiger partial charge in [0.05, 0.1) is 34.8 Å². The first kappa shape index (κ1) is 23.2.